The number of nitrogens with one attached hydrogen (secondary N) is 2. The minimum atomic E-state index is -0.0216. The molecule has 21 heavy (non-hydrogen) atoms. The topological polar surface area (TPSA) is 44.4 Å². The van der Waals surface area contributed by atoms with Gasteiger partial charge in [0.2, 0.25) is 5.91 Å². The van der Waals surface area contributed by atoms with Crippen LogP contribution in [-0.4, -0.2) is 32.1 Å². The van der Waals surface area contributed by atoms with Gasteiger partial charge in [0.25, 0.3) is 0 Å². The first-order valence-electron chi connectivity index (χ1n) is 7.98. The van der Waals surface area contributed by atoms with Gasteiger partial charge in [-0.25, -0.2) is 0 Å². The lowest BCUT2D eigenvalue weighted by Gasteiger charge is -2.24. The first-order chi connectivity index (χ1) is 10.1. The zero-order chi connectivity index (χ0) is 14.8. The third-order valence-corrected chi connectivity index (χ3v) is 4.83. The molecule has 4 heteroatoms. The molecule has 0 aromatic heterocycles. The maximum absolute atomic E-state index is 12.4. The van der Waals surface area contributed by atoms with Gasteiger partial charge in [-0.3, -0.25) is 4.79 Å². The van der Waals surface area contributed by atoms with Crippen molar-refractivity contribution in [3.63, 3.8) is 0 Å². The summed E-state index contributed by atoms with van der Waals surface area (Å²) in [6, 6.07) is 8.52. The second kappa shape index (κ2) is 6.06. The fraction of sp³-hybridized carbons (Fsp3) is 0.588. The van der Waals surface area contributed by atoms with Crippen molar-refractivity contribution < 1.29 is 4.79 Å². The lowest BCUT2D eigenvalue weighted by atomic mass is 9.85. The summed E-state index contributed by atoms with van der Waals surface area (Å²) in [7, 11) is 4.02. The largest absolute Gasteiger partial charge is 0.378 e. The first kappa shape index (κ1) is 14.4. The Morgan fingerprint density at radius 3 is 2.57 bits per heavy atom. The summed E-state index contributed by atoms with van der Waals surface area (Å²) in [5.41, 5.74) is 2.01. The highest BCUT2D eigenvalue weighted by atomic mass is 16.2. The number of carbonyl (C=O) groups is 1. The van der Waals surface area contributed by atoms with Gasteiger partial charge in [-0.1, -0.05) is 12.8 Å². The van der Waals surface area contributed by atoms with Gasteiger partial charge in [0.15, 0.2) is 0 Å². The van der Waals surface area contributed by atoms with Gasteiger partial charge in [0.1, 0.15) is 0 Å². The number of fused-ring (bicyclic) bond motifs is 1. The Hall–Kier alpha value is -1.55. The van der Waals surface area contributed by atoms with E-state index >= 15 is 0 Å². The van der Waals surface area contributed by atoms with E-state index in [0.717, 1.165) is 17.8 Å². The third-order valence-electron chi connectivity index (χ3n) is 4.83. The average molecular weight is 287 g/mol. The Labute approximate surface area is 126 Å². The van der Waals surface area contributed by atoms with Crippen LogP contribution in [0.4, 0.5) is 11.4 Å². The quantitative estimate of drug-likeness (QED) is 0.898. The number of carbonyl (C=O) groups excluding carboxylic acids is 1. The van der Waals surface area contributed by atoms with Gasteiger partial charge in [0, 0.05) is 31.5 Å². The zero-order valence-electron chi connectivity index (χ0n) is 12.9. The van der Waals surface area contributed by atoms with Crippen LogP contribution in [0.2, 0.25) is 0 Å². The Morgan fingerprint density at radius 2 is 1.90 bits per heavy atom. The summed E-state index contributed by atoms with van der Waals surface area (Å²) < 4.78 is 0. The Kier molecular flexibility index (Phi) is 4.15. The van der Waals surface area contributed by atoms with Gasteiger partial charge in [-0.05, 0) is 49.4 Å². The summed E-state index contributed by atoms with van der Waals surface area (Å²) in [6.07, 6.45) is 6.12. The van der Waals surface area contributed by atoms with Crippen molar-refractivity contribution >= 4 is 17.3 Å². The summed E-state index contributed by atoms with van der Waals surface area (Å²) in [4.78, 5) is 14.4. The Morgan fingerprint density at radius 1 is 1.19 bits per heavy atom. The number of rotatable bonds is 3. The van der Waals surface area contributed by atoms with Crippen molar-refractivity contribution in [3.05, 3.63) is 24.3 Å². The van der Waals surface area contributed by atoms with E-state index in [1.807, 2.05) is 38.4 Å². The van der Waals surface area contributed by atoms with Crippen LogP contribution in [-0.2, 0) is 4.79 Å². The molecule has 114 valence electrons. The van der Waals surface area contributed by atoms with Crippen molar-refractivity contribution in [1.29, 1.82) is 0 Å². The van der Waals surface area contributed by atoms with Gasteiger partial charge < -0.3 is 15.5 Å². The van der Waals surface area contributed by atoms with Gasteiger partial charge in [-0.15, -0.1) is 0 Å². The normalized spacial score (nSPS) is 28.0. The van der Waals surface area contributed by atoms with E-state index in [1.165, 1.54) is 25.7 Å². The van der Waals surface area contributed by atoms with Gasteiger partial charge >= 0.3 is 0 Å². The van der Waals surface area contributed by atoms with E-state index in [-0.39, 0.29) is 11.9 Å². The Bertz CT molecular complexity index is 483. The van der Waals surface area contributed by atoms with Crippen LogP contribution in [0.1, 0.15) is 32.1 Å². The van der Waals surface area contributed by atoms with E-state index in [0.29, 0.717) is 12.0 Å². The molecule has 2 fully saturated rings. The van der Waals surface area contributed by atoms with E-state index in [1.54, 1.807) is 0 Å². The molecular weight excluding hydrogens is 262 g/mol. The Balaban J connectivity index is 1.59. The molecule has 1 aromatic carbocycles. The second-order valence-corrected chi connectivity index (χ2v) is 6.54. The SMILES string of the molecule is CN(C)c1ccc(NC(=O)C2CC3CCCCC3N2)cc1. The van der Waals surface area contributed by atoms with Crippen LogP contribution in [0.5, 0.6) is 0 Å². The third kappa shape index (κ3) is 3.21. The molecule has 2 aliphatic rings. The standard InChI is InChI=1S/C17H25N3O/c1-20(2)14-9-7-13(8-10-14)18-17(21)16-11-12-5-3-4-6-15(12)19-16/h7-10,12,15-16,19H,3-6,11H2,1-2H3,(H,18,21). The highest BCUT2D eigenvalue weighted by Crippen LogP contribution is 2.33. The lowest BCUT2D eigenvalue weighted by molar-refractivity contribution is -0.117. The van der Waals surface area contributed by atoms with Crippen LogP contribution < -0.4 is 15.5 Å². The highest BCUT2D eigenvalue weighted by Gasteiger charge is 2.38. The molecule has 1 aliphatic carbocycles. The van der Waals surface area contributed by atoms with Crippen molar-refractivity contribution in [1.82, 2.24) is 5.32 Å². The summed E-state index contributed by atoms with van der Waals surface area (Å²) in [5.74, 6) is 0.813. The van der Waals surface area contributed by atoms with Crippen molar-refractivity contribution in [2.75, 3.05) is 24.3 Å². The summed E-state index contributed by atoms with van der Waals surface area (Å²) >= 11 is 0. The smallest absolute Gasteiger partial charge is 0.241 e. The monoisotopic (exact) mass is 287 g/mol. The number of benzene rings is 1. The first-order valence-corrected chi connectivity index (χ1v) is 7.98. The fourth-order valence-corrected chi connectivity index (χ4v) is 3.59. The number of amides is 1. The van der Waals surface area contributed by atoms with Gasteiger partial charge in [0.05, 0.1) is 6.04 Å². The molecule has 1 heterocycles. The van der Waals surface area contributed by atoms with Crippen LogP contribution in [0.15, 0.2) is 24.3 Å². The summed E-state index contributed by atoms with van der Waals surface area (Å²) in [6.45, 7) is 0. The van der Waals surface area contributed by atoms with E-state index in [4.69, 9.17) is 0 Å². The number of anilines is 2. The number of nitrogens with zero attached hydrogens (tertiary/aromatic N) is 1. The maximum atomic E-state index is 12.4. The van der Waals surface area contributed by atoms with Crippen LogP contribution in [0.3, 0.4) is 0 Å². The molecule has 0 bridgehead atoms. The molecule has 1 saturated heterocycles. The van der Waals surface area contributed by atoms with Gasteiger partial charge in [-0.2, -0.15) is 0 Å². The number of hydrogen-bond acceptors (Lipinski definition) is 3. The van der Waals surface area contributed by atoms with Crippen molar-refractivity contribution in [3.8, 4) is 0 Å². The zero-order valence-corrected chi connectivity index (χ0v) is 12.9. The lowest BCUT2D eigenvalue weighted by Crippen LogP contribution is -2.39. The van der Waals surface area contributed by atoms with Crippen molar-refractivity contribution in [2.45, 2.75) is 44.2 Å². The molecule has 3 atom stereocenters. The van der Waals surface area contributed by atoms with Crippen LogP contribution >= 0.6 is 0 Å². The molecule has 1 saturated carbocycles. The van der Waals surface area contributed by atoms with E-state index < -0.39 is 0 Å². The molecule has 1 amide bonds. The molecule has 0 spiro atoms. The molecule has 0 radical (unpaired) electrons. The average Bonchev–Trinajstić information content (AvgIpc) is 2.92. The van der Waals surface area contributed by atoms with E-state index in [2.05, 4.69) is 15.5 Å². The number of hydrogen-bond donors (Lipinski definition) is 2. The molecule has 3 rings (SSSR count). The second-order valence-electron chi connectivity index (χ2n) is 6.54. The molecule has 1 aromatic rings. The highest BCUT2D eigenvalue weighted by molar-refractivity contribution is 5.95. The van der Waals surface area contributed by atoms with E-state index in [9.17, 15) is 4.79 Å². The molecule has 2 N–H and O–H groups in total. The minimum absolute atomic E-state index is 0.0216. The maximum Gasteiger partial charge on any atom is 0.241 e. The summed E-state index contributed by atoms with van der Waals surface area (Å²) in [5, 5.41) is 6.56. The minimum Gasteiger partial charge on any atom is -0.378 e. The molecule has 4 nitrogen and oxygen atoms in total. The van der Waals surface area contributed by atoms with Crippen LogP contribution in [0.25, 0.3) is 0 Å². The molecule has 1 aliphatic heterocycles. The fourth-order valence-electron chi connectivity index (χ4n) is 3.59. The molecule has 3 unspecified atom stereocenters. The van der Waals surface area contributed by atoms with Crippen molar-refractivity contribution in [2.24, 2.45) is 5.92 Å². The predicted molar refractivity (Wildman–Crippen MR) is 86.7 cm³/mol. The predicted octanol–water partition coefficient (Wildman–Crippen LogP) is 2.61. The molecular formula is C17H25N3O. The van der Waals surface area contributed by atoms with Crippen LogP contribution in [0, 0.1) is 5.92 Å².